The summed E-state index contributed by atoms with van der Waals surface area (Å²) >= 11 is 0. The molecule has 1 nitrogen and oxygen atoms in total. The quantitative estimate of drug-likeness (QED) is 0.802. The molecule has 0 radical (unpaired) electrons. The Labute approximate surface area is 92.1 Å². The molecule has 0 aromatic heterocycles. The SMILES string of the molecule is CCCC(O)C1CCc2ccccc2C1. The van der Waals surface area contributed by atoms with E-state index in [9.17, 15) is 5.11 Å². The highest BCUT2D eigenvalue weighted by molar-refractivity contribution is 5.29. The molecule has 0 fully saturated rings. The largest absolute Gasteiger partial charge is 0.393 e. The summed E-state index contributed by atoms with van der Waals surface area (Å²) in [5.41, 5.74) is 2.93. The zero-order chi connectivity index (χ0) is 10.7. The van der Waals surface area contributed by atoms with Gasteiger partial charge in [0.2, 0.25) is 0 Å². The maximum atomic E-state index is 10.00. The van der Waals surface area contributed by atoms with Crippen LogP contribution in [-0.4, -0.2) is 11.2 Å². The van der Waals surface area contributed by atoms with Crippen molar-refractivity contribution in [1.82, 2.24) is 0 Å². The van der Waals surface area contributed by atoms with Crippen molar-refractivity contribution >= 4 is 0 Å². The summed E-state index contributed by atoms with van der Waals surface area (Å²) in [6, 6.07) is 8.65. The molecule has 0 spiro atoms. The molecule has 82 valence electrons. The molecule has 0 saturated heterocycles. The standard InChI is InChI=1S/C14H20O/c1-2-5-14(15)13-9-8-11-6-3-4-7-12(11)10-13/h3-4,6-7,13-15H,2,5,8-10H2,1H3. The van der Waals surface area contributed by atoms with E-state index < -0.39 is 0 Å². The molecule has 0 saturated carbocycles. The first-order chi connectivity index (χ1) is 7.31. The Balaban J connectivity index is 2.05. The topological polar surface area (TPSA) is 20.2 Å². The van der Waals surface area contributed by atoms with Gasteiger partial charge in [-0.1, -0.05) is 37.6 Å². The van der Waals surface area contributed by atoms with Crippen LogP contribution < -0.4 is 0 Å². The van der Waals surface area contributed by atoms with E-state index in [1.165, 1.54) is 11.1 Å². The van der Waals surface area contributed by atoms with Gasteiger partial charge in [0.25, 0.3) is 0 Å². The molecule has 1 N–H and O–H groups in total. The molecule has 0 bridgehead atoms. The van der Waals surface area contributed by atoms with Gasteiger partial charge < -0.3 is 5.11 Å². The second-order valence-corrected chi connectivity index (χ2v) is 4.63. The molecule has 2 unspecified atom stereocenters. The number of hydrogen-bond acceptors (Lipinski definition) is 1. The van der Waals surface area contributed by atoms with Gasteiger partial charge in [0.05, 0.1) is 6.10 Å². The van der Waals surface area contributed by atoms with Gasteiger partial charge in [0.1, 0.15) is 0 Å². The van der Waals surface area contributed by atoms with Gasteiger partial charge in [0, 0.05) is 0 Å². The molecule has 1 aliphatic carbocycles. The van der Waals surface area contributed by atoms with Crippen molar-refractivity contribution in [2.24, 2.45) is 5.92 Å². The molecule has 1 aromatic carbocycles. The summed E-state index contributed by atoms with van der Waals surface area (Å²) < 4.78 is 0. The molecule has 0 heterocycles. The van der Waals surface area contributed by atoms with Crippen molar-refractivity contribution in [1.29, 1.82) is 0 Å². The van der Waals surface area contributed by atoms with Gasteiger partial charge in [-0.15, -0.1) is 0 Å². The maximum absolute atomic E-state index is 10.00. The number of fused-ring (bicyclic) bond motifs is 1. The normalized spacial score (nSPS) is 22.1. The molecular weight excluding hydrogens is 184 g/mol. The van der Waals surface area contributed by atoms with Crippen LogP contribution in [0.4, 0.5) is 0 Å². The van der Waals surface area contributed by atoms with E-state index in [1.54, 1.807) is 0 Å². The Morgan fingerprint density at radius 1 is 1.33 bits per heavy atom. The number of rotatable bonds is 3. The van der Waals surface area contributed by atoms with Crippen LogP contribution >= 0.6 is 0 Å². The molecule has 0 aliphatic heterocycles. The first-order valence-corrected chi connectivity index (χ1v) is 6.06. The zero-order valence-electron chi connectivity index (χ0n) is 9.45. The fourth-order valence-electron chi connectivity index (χ4n) is 2.59. The van der Waals surface area contributed by atoms with Crippen LogP contribution in [-0.2, 0) is 12.8 Å². The van der Waals surface area contributed by atoms with Crippen LogP contribution in [0.3, 0.4) is 0 Å². The Morgan fingerprint density at radius 2 is 2.07 bits per heavy atom. The molecule has 15 heavy (non-hydrogen) atoms. The molecule has 1 aromatic rings. The number of aryl methyl sites for hydroxylation is 1. The van der Waals surface area contributed by atoms with E-state index in [1.807, 2.05) is 0 Å². The third-order valence-electron chi connectivity index (χ3n) is 3.51. The van der Waals surface area contributed by atoms with Crippen molar-refractivity contribution < 1.29 is 5.11 Å². The highest BCUT2D eigenvalue weighted by Gasteiger charge is 2.23. The van der Waals surface area contributed by atoms with Crippen LogP contribution in [0.5, 0.6) is 0 Å². The van der Waals surface area contributed by atoms with Gasteiger partial charge in [-0.05, 0) is 42.7 Å². The van der Waals surface area contributed by atoms with Gasteiger partial charge in [0.15, 0.2) is 0 Å². The zero-order valence-corrected chi connectivity index (χ0v) is 9.45. The van der Waals surface area contributed by atoms with E-state index in [-0.39, 0.29) is 6.10 Å². The predicted octanol–water partition coefficient (Wildman–Crippen LogP) is 2.95. The summed E-state index contributed by atoms with van der Waals surface area (Å²) in [7, 11) is 0. The van der Waals surface area contributed by atoms with E-state index in [0.29, 0.717) is 5.92 Å². The van der Waals surface area contributed by atoms with Crippen LogP contribution in [0.2, 0.25) is 0 Å². The summed E-state index contributed by atoms with van der Waals surface area (Å²) in [4.78, 5) is 0. The van der Waals surface area contributed by atoms with Gasteiger partial charge >= 0.3 is 0 Å². The fraction of sp³-hybridized carbons (Fsp3) is 0.571. The smallest absolute Gasteiger partial charge is 0.0571 e. The molecule has 0 amide bonds. The van der Waals surface area contributed by atoms with E-state index in [4.69, 9.17) is 0 Å². The number of hydrogen-bond donors (Lipinski definition) is 1. The monoisotopic (exact) mass is 204 g/mol. The van der Waals surface area contributed by atoms with E-state index in [2.05, 4.69) is 31.2 Å². The Hall–Kier alpha value is -0.820. The van der Waals surface area contributed by atoms with Crippen molar-refractivity contribution in [3.63, 3.8) is 0 Å². The van der Waals surface area contributed by atoms with Crippen LogP contribution in [0.15, 0.2) is 24.3 Å². The Bertz CT molecular complexity index is 319. The molecule has 2 atom stereocenters. The predicted molar refractivity (Wildman–Crippen MR) is 62.9 cm³/mol. The van der Waals surface area contributed by atoms with Crippen LogP contribution in [0.25, 0.3) is 0 Å². The first-order valence-electron chi connectivity index (χ1n) is 6.06. The van der Waals surface area contributed by atoms with E-state index >= 15 is 0 Å². The van der Waals surface area contributed by atoms with Gasteiger partial charge in [-0.25, -0.2) is 0 Å². The highest BCUT2D eigenvalue weighted by Crippen LogP contribution is 2.28. The summed E-state index contributed by atoms with van der Waals surface area (Å²) in [5.74, 6) is 0.486. The molecular formula is C14H20O. The highest BCUT2D eigenvalue weighted by atomic mass is 16.3. The first kappa shape index (κ1) is 10.7. The number of benzene rings is 1. The minimum absolute atomic E-state index is 0.0941. The number of aliphatic hydroxyl groups excluding tert-OH is 1. The van der Waals surface area contributed by atoms with Crippen LogP contribution in [0, 0.1) is 5.92 Å². The third kappa shape index (κ3) is 2.40. The summed E-state index contributed by atoms with van der Waals surface area (Å²) in [6.07, 6.45) is 5.30. The number of aliphatic hydroxyl groups is 1. The lowest BCUT2D eigenvalue weighted by Gasteiger charge is -2.28. The molecule has 1 heteroatoms. The van der Waals surface area contributed by atoms with E-state index in [0.717, 1.165) is 32.1 Å². The van der Waals surface area contributed by atoms with Crippen molar-refractivity contribution in [2.75, 3.05) is 0 Å². The fourth-order valence-corrected chi connectivity index (χ4v) is 2.59. The average Bonchev–Trinajstić information content (AvgIpc) is 2.29. The third-order valence-corrected chi connectivity index (χ3v) is 3.51. The van der Waals surface area contributed by atoms with Gasteiger partial charge in [-0.3, -0.25) is 0 Å². The average molecular weight is 204 g/mol. The second kappa shape index (κ2) is 4.80. The maximum Gasteiger partial charge on any atom is 0.0571 e. The minimum Gasteiger partial charge on any atom is -0.393 e. The van der Waals surface area contributed by atoms with Gasteiger partial charge in [-0.2, -0.15) is 0 Å². The minimum atomic E-state index is -0.0941. The molecule has 1 aliphatic rings. The van der Waals surface area contributed by atoms with Crippen LogP contribution in [0.1, 0.15) is 37.3 Å². The lowest BCUT2D eigenvalue weighted by atomic mass is 9.80. The van der Waals surface area contributed by atoms with Crippen molar-refractivity contribution in [2.45, 2.75) is 45.1 Å². The molecule has 2 rings (SSSR count). The Kier molecular flexibility index (Phi) is 3.42. The Morgan fingerprint density at radius 3 is 2.80 bits per heavy atom. The summed E-state index contributed by atoms with van der Waals surface area (Å²) in [5, 5.41) is 10.00. The van der Waals surface area contributed by atoms with Crippen molar-refractivity contribution in [3.05, 3.63) is 35.4 Å². The lowest BCUT2D eigenvalue weighted by molar-refractivity contribution is 0.0901. The second-order valence-electron chi connectivity index (χ2n) is 4.63. The summed E-state index contributed by atoms with van der Waals surface area (Å²) in [6.45, 7) is 2.14. The lowest BCUT2D eigenvalue weighted by Crippen LogP contribution is -2.26. The van der Waals surface area contributed by atoms with Crippen molar-refractivity contribution in [3.8, 4) is 0 Å².